The third-order valence-corrected chi connectivity index (χ3v) is 6.33. The molecule has 0 aliphatic carbocycles. The van der Waals surface area contributed by atoms with Crippen molar-refractivity contribution in [2.45, 2.75) is 32.5 Å². The van der Waals surface area contributed by atoms with Crippen molar-refractivity contribution in [1.82, 2.24) is 4.90 Å². The van der Waals surface area contributed by atoms with E-state index in [0.717, 1.165) is 53.4 Å². The Kier molecular flexibility index (Phi) is 5.62. The molecule has 2 aliphatic heterocycles. The quantitative estimate of drug-likeness (QED) is 0.529. The first-order valence-electron chi connectivity index (χ1n) is 11.4. The smallest absolute Gasteiger partial charge is 0.150 e. The van der Waals surface area contributed by atoms with E-state index in [1.54, 1.807) is 12.1 Å². The third kappa shape index (κ3) is 3.98. The molecule has 1 unspecified atom stereocenters. The molecule has 0 spiro atoms. The Balaban J connectivity index is 1.42. The van der Waals surface area contributed by atoms with Crippen molar-refractivity contribution in [2.24, 2.45) is 0 Å². The summed E-state index contributed by atoms with van der Waals surface area (Å²) in [5.41, 5.74) is 5.54. The molecule has 0 saturated carbocycles. The lowest BCUT2D eigenvalue weighted by molar-refractivity contribution is 0.0202. The first-order chi connectivity index (χ1) is 15.6. The van der Waals surface area contributed by atoms with Crippen LogP contribution in [0.5, 0.6) is 17.2 Å². The highest BCUT2D eigenvalue weighted by Crippen LogP contribution is 2.46. The number of phenolic OH excluding ortho intramolecular Hbond substituents is 1. The summed E-state index contributed by atoms with van der Waals surface area (Å²) >= 11 is 0. The monoisotopic (exact) mass is 427 g/mol. The van der Waals surface area contributed by atoms with Crippen LogP contribution in [0.3, 0.4) is 0 Å². The van der Waals surface area contributed by atoms with Gasteiger partial charge in [0.25, 0.3) is 0 Å². The Hall–Kier alpha value is -3.24. The molecule has 3 aromatic rings. The highest BCUT2D eigenvalue weighted by Gasteiger charge is 2.30. The predicted molar refractivity (Wildman–Crippen MR) is 128 cm³/mol. The van der Waals surface area contributed by atoms with Crippen LogP contribution in [0.2, 0.25) is 0 Å². The molecule has 0 aromatic heterocycles. The van der Waals surface area contributed by atoms with E-state index in [4.69, 9.17) is 9.47 Å². The molecular formula is C28H29NO3. The zero-order valence-electron chi connectivity index (χ0n) is 18.6. The summed E-state index contributed by atoms with van der Waals surface area (Å²) in [5.74, 6) is 2.05. The van der Waals surface area contributed by atoms with Crippen LogP contribution in [0.4, 0.5) is 0 Å². The van der Waals surface area contributed by atoms with E-state index in [1.165, 1.54) is 12.0 Å². The molecule has 1 saturated heterocycles. The molecule has 5 rings (SSSR count). The number of ether oxygens (including phenoxy) is 2. The molecule has 2 heterocycles. The van der Waals surface area contributed by atoms with Gasteiger partial charge in [-0.25, -0.2) is 0 Å². The Bertz CT molecular complexity index is 1110. The number of allylic oxidation sites excluding steroid dienone is 1. The molecule has 4 heteroatoms. The van der Waals surface area contributed by atoms with Gasteiger partial charge in [-0.1, -0.05) is 49.4 Å². The number of fused-ring (bicyclic) bond motifs is 1. The molecule has 1 N–H and O–H groups in total. The summed E-state index contributed by atoms with van der Waals surface area (Å²) in [6, 6.07) is 23.8. The molecule has 4 nitrogen and oxygen atoms in total. The fourth-order valence-electron chi connectivity index (χ4n) is 4.66. The van der Waals surface area contributed by atoms with E-state index in [0.29, 0.717) is 0 Å². The molecule has 1 fully saturated rings. The van der Waals surface area contributed by atoms with Crippen LogP contribution < -0.4 is 9.47 Å². The second-order valence-electron chi connectivity index (χ2n) is 8.65. The van der Waals surface area contributed by atoms with Crippen molar-refractivity contribution in [3.8, 4) is 17.2 Å². The Labute approximate surface area is 189 Å². The van der Waals surface area contributed by atoms with Crippen molar-refractivity contribution >= 4 is 11.1 Å². The predicted octanol–water partition coefficient (Wildman–Crippen LogP) is 5.93. The highest BCUT2D eigenvalue weighted by molar-refractivity contribution is 5.95. The largest absolute Gasteiger partial charge is 0.508 e. The van der Waals surface area contributed by atoms with Crippen molar-refractivity contribution in [3.05, 3.63) is 89.5 Å². The highest BCUT2D eigenvalue weighted by atomic mass is 16.5. The van der Waals surface area contributed by atoms with Gasteiger partial charge in [0.2, 0.25) is 0 Å². The Morgan fingerprint density at radius 1 is 0.969 bits per heavy atom. The first-order valence-corrected chi connectivity index (χ1v) is 11.4. The third-order valence-electron chi connectivity index (χ3n) is 6.33. The average Bonchev–Trinajstić information content (AvgIpc) is 2.79. The second-order valence-corrected chi connectivity index (χ2v) is 8.65. The number of hydrogen-bond donors (Lipinski definition) is 1. The standard InChI is InChI=1S/C28H29NO3/c1-3-16-29-17-24(18-29)31-23-14-10-21(11-15-23)28-27(20-8-12-22(30)13-9-20)19(2)25-6-4-5-7-26(25)32-28/h4-15,24,28,30H,3,16-18H2,1-2H3. The zero-order valence-corrected chi connectivity index (χ0v) is 18.6. The summed E-state index contributed by atoms with van der Waals surface area (Å²) in [7, 11) is 0. The van der Waals surface area contributed by atoms with Crippen LogP contribution in [0, 0.1) is 0 Å². The SMILES string of the molecule is CCCN1CC(Oc2ccc(C3Oc4ccccc4C(C)=C3c3ccc(O)cc3)cc2)C1. The minimum absolute atomic E-state index is 0.229. The Morgan fingerprint density at radius 2 is 1.69 bits per heavy atom. The van der Waals surface area contributed by atoms with Crippen molar-refractivity contribution in [2.75, 3.05) is 19.6 Å². The van der Waals surface area contributed by atoms with E-state index in [9.17, 15) is 5.11 Å². The molecule has 0 radical (unpaired) electrons. The van der Waals surface area contributed by atoms with E-state index in [-0.39, 0.29) is 18.0 Å². The molecule has 3 aromatic carbocycles. The number of nitrogens with zero attached hydrogens (tertiary/aromatic N) is 1. The second kappa shape index (κ2) is 8.71. The van der Waals surface area contributed by atoms with Gasteiger partial charge in [-0.3, -0.25) is 4.90 Å². The van der Waals surface area contributed by atoms with E-state index in [1.807, 2.05) is 42.5 Å². The van der Waals surface area contributed by atoms with Crippen LogP contribution >= 0.6 is 0 Å². The summed E-state index contributed by atoms with van der Waals surface area (Å²) in [4.78, 5) is 2.42. The maximum absolute atomic E-state index is 9.77. The minimum atomic E-state index is -0.229. The van der Waals surface area contributed by atoms with Crippen LogP contribution in [-0.4, -0.2) is 35.7 Å². The van der Waals surface area contributed by atoms with E-state index in [2.05, 4.69) is 36.9 Å². The molecule has 0 amide bonds. The van der Waals surface area contributed by atoms with Gasteiger partial charge in [0.15, 0.2) is 0 Å². The average molecular weight is 428 g/mol. The molecular weight excluding hydrogens is 398 g/mol. The fraction of sp³-hybridized carbons (Fsp3) is 0.286. The lowest BCUT2D eigenvalue weighted by Crippen LogP contribution is -2.53. The molecule has 0 bridgehead atoms. The topological polar surface area (TPSA) is 41.9 Å². The van der Waals surface area contributed by atoms with Crippen LogP contribution in [-0.2, 0) is 0 Å². The summed E-state index contributed by atoms with van der Waals surface area (Å²) in [5, 5.41) is 9.77. The number of likely N-dealkylation sites (tertiary alicyclic amines) is 1. The van der Waals surface area contributed by atoms with E-state index >= 15 is 0 Å². The van der Waals surface area contributed by atoms with Crippen LogP contribution in [0.15, 0.2) is 72.8 Å². The van der Waals surface area contributed by atoms with Gasteiger partial charge in [-0.05, 0) is 66.9 Å². The van der Waals surface area contributed by atoms with Gasteiger partial charge >= 0.3 is 0 Å². The van der Waals surface area contributed by atoms with Gasteiger partial charge in [-0.2, -0.15) is 0 Å². The van der Waals surface area contributed by atoms with Gasteiger partial charge in [0.05, 0.1) is 0 Å². The molecule has 164 valence electrons. The van der Waals surface area contributed by atoms with Crippen molar-refractivity contribution < 1.29 is 14.6 Å². The molecule has 1 atom stereocenters. The normalized spacial score (nSPS) is 18.6. The van der Waals surface area contributed by atoms with Gasteiger partial charge < -0.3 is 14.6 Å². The van der Waals surface area contributed by atoms with Gasteiger partial charge in [-0.15, -0.1) is 0 Å². The number of para-hydroxylation sites is 1. The van der Waals surface area contributed by atoms with E-state index < -0.39 is 0 Å². The van der Waals surface area contributed by atoms with Crippen molar-refractivity contribution in [3.63, 3.8) is 0 Å². The summed E-state index contributed by atoms with van der Waals surface area (Å²) in [6.07, 6.45) is 1.23. The van der Waals surface area contributed by atoms with Crippen molar-refractivity contribution in [1.29, 1.82) is 0 Å². The number of aromatic hydroxyl groups is 1. The summed E-state index contributed by atoms with van der Waals surface area (Å²) in [6.45, 7) is 7.51. The lowest BCUT2D eigenvalue weighted by atomic mass is 9.86. The summed E-state index contributed by atoms with van der Waals surface area (Å²) < 4.78 is 12.7. The maximum atomic E-state index is 9.77. The molecule has 2 aliphatic rings. The Morgan fingerprint density at radius 3 is 2.41 bits per heavy atom. The number of phenols is 1. The minimum Gasteiger partial charge on any atom is -0.508 e. The van der Waals surface area contributed by atoms with Crippen LogP contribution in [0.25, 0.3) is 11.1 Å². The van der Waals surface area contributed by atoms with Gasteiger partial charge in [0.1, 0.15) is 29.5 Å². The molecule has 32 heavy (non-hydrogen) atoms. The van der Waals surface area contributed by atoms with Gasteiger partial charge in [0, 0.05) is 24.2 Å². The zero-order chi connectivity index (χ0) is 22.1. The maximum Gasteiger partial charge on any atom is 0.150 e. The van der Waals surface area contributed by atoms with Crippen LogP contribution in [0.1, 0.15) is 43.1 Å². The number of rotatable bonds is 6. The number of benzene rings is 3. The first kappa shape index (κ1) is 20.7. The lowest BCUT2D eigenvalue weighted by Gasteiger charge is -2.38. The fourth-order valence-corrected chi connectivity index (χ4v) is 4.66. The number of hydrogen-bond acceptors (Lipinski definition) is 4.